The molecule has 1 aromatic rings. The Morgan fingerprint density at radius 1 is 1.19 bits per heavy atom. The van der Waals surface area contributed by atoms with Gasteiger partial charge in [-0.2, -0.15) is 0 Å². The topological polar surface area (TPSA) is 30.5 Å². The molecule has 0 radical (unpaired) electrons. The molecule has 0 atom stereocenters. The van der Waals surface area contributed by atoms with E-state index >= 15 is 0 Å². The lowest BCUT2D eigenvalue weighted by Crippen LogP contribution is -2.37. The van der Waals surface area contributed by atoms with Crippen molar-refractivity contribution in [2.45, 2.75) is 25.8 Å². The number of ether oxygens (including phenoxy) is 2. The van der Waals surface area contributed by atoms with Crippen molar-refractivity contribution < 1.29 is 9.47 Å². The molecule has 90 valence electrons. The molecule has 0 unspecified atom stereocenters. The number of methoxy groups -OCH3 is 1. The summed E-state index contributed by atoms with van der Waals surface area (Å²) in [6.07, 6.45) is 0.946. The summed E-state index contributed by atoms with van der Waals surface area (Å²) in [6, 6.07) is 7.70. The SMILES string of the molecule is CNC(C)(C)CCOc1ccccc1OC. The standard InChI is InChI=1S/C13H21NO2/c1-13(2,14-3)9-10-16-12-8-6-5-7-11(12)15-4/h5-8,14H,9-10H2,1-4H3. The second-order valence-corrected chi connectivity index (χ2v) is 4.38. The van der Waals surface area contributed by atoms with Gasteiger partial charge in [0.15, 0.2) is 11.5 Å². The van der Waals surface area contributed by atoms with E-state index in [-0.39, 0.29) is 5.54 Å². The van der Waals surface area contributed by atoms with Gasteiger partial charge < -0.3 is 14.8 Å². The monoisotopic (exact) mass is 223 g/mol. The van der Waals surface area contributed by atoms with E-state index in [1.54, 1.807) is 7.11 Å². The maximum Gasteiger partial charge on any atom is 0.161 e. The predicted molar refractivity (Wildman–Crippen MR) is 66.2 cm³/mol. The van der Waals surface area contributed by atoms with Crippen LogP contribution in [0, 0.1) is 0 Å². The molecule has 3 nitrogen and oxygen atoms in total. The molecule has 0 spiro atoms. The number of hydrogen-bond acceptors (Lipinski definition) is 3. The summed E-state index contributed by atoms with van der Waals surface area (Å²) in [7, 11) is 3.61. The first kappa shape index (κ1) is 12.8. The molecule has 3 heteroatoms. The lowest BCUT2D eigenvalue weighted by atomic mass is 10.0. The van der Waals surface area contributed by atoms with Crippen LogP contribution >= 0.6 is 0 Å². The molecule has 0 aliphatic carbocycles. The van der Waals surface area contributed by atoms with Crippen LogP contribution in [0.3, 0.4) is 0 Å². The molecular formula is C13H21NO2. The molecule has 0 heterocycles. The van der Waals surface area contributed by atoms with Crippen LogP contribution in [-0.2, 0) is 0 Å². The molecule has 1 aromatic carbocycles. The van der Waals surface area contributed by atoms with Crippen molar-refractivity contribution in [1.29, 1.82) is 0 Å². The molecule has 0 fully saturated rings. The van der Waals surface area contributed by atoms with Gasteiger partial charge in [-0.1, -0.05) is 12.1 Å². The van der Waals surface area contributed by atoms with Crippen LogP contribution in [0.2, 0.25) is 0 Å². The molecule has 0 bridgehead atoms. The van der Waals surface area contributed by atoms with Gasteiger partial charge >= 0.3 is 0 Å². The first-order chi connectivity index (χ1) is 7.59. The van der Waals surface area contributed by atoms with Crippen LogP contribution in [0.1, 0.15) is 20.3 Å². The highest BCUT2D eigenvalue weighted by Gasteiger charge is 2.14. The zero-order valence-corrected chi connectivity index (χ0v) is 10.5. The zero-order chi connectivity index (χ0) is 12.0. The van der Waals surface area contributed by atoms with Crippen LogP contribution in [0.15, 0.2) is 24.3 Å². The van der Waals surface area contributed by atoms with Gasteiger partial charge in [0.2, 0.25) is 0 Å². The molecule has 0 aliphatic heterocycles. The minimum atomic E-state index is 0.0992. The molecule has 0 saturated heterocycles. The molecule has 16 heavy (non-hydrogen) atoms. The van der Waals surface area contributed by atoms with Gasteiger partial charge in [0.05, 0.1) is 13.7 Å². The van der Waals surface area contributed by atoms with E-state index in [0.717, 1.165) is 17.9 Å². The number of hydrogen-bond donors (Lipinski definition) is 1. The van der Waals surface area contributed by atoms with E-state index in [1.807, 2.05) is 31.3 Å². The second-order valence-electron chi connectivity index (χ2n) is 4.38. The largest absolute Gasteiger partial charge is 0.493 e. The highest BCUT2D eigenvalue weighted by atomic mass is 16.5. The van der Waals surface area contributed by atoms with Crippen LogP contribution in [-0.4, -0.2) is 26.3 Å². The molecular weight excluding hydrogens is 202 g/mol. The Kier molecular flexibility index (Phi) is 4.62. The van der Waals surface area contributed by atoms with Crippen LogP contribution in [0.5, 0.6) is 11.5 Å². The summed E-state index contributed by atoms with van der Waals surface area (Å²) >= 11 is 0. The van der Waals surface area contributed by atoms with E-state index in [4.69, 9.17) is 9.47 Å². The fourth-order valence-corrected chi connectivity index (χ4v) is 1.28. The average Bonchev–Trinajstić information content (AvgIpc) is 2.29. The minimum absolute atomic E-state index is 0.0992. The van der Waals surface area contributed by atoms with Crippen molar-refractivity contribution in [2.24, 2.45) is 0 Å². The lowest BCUT2D eigenvalue weighted by Gasteiger charge is -2.24. The van der Waals surface area contributed by atoms with Gasteiger partial charge in [-0.05, 0) is 39.4 Å². The first-order valence-corrected chi connectivity index (χ1v) is 5.54. The maximum atomic E-state index is 5.70. The summed E-state index contributed by atoms with van der Waals surface area (Å²) in [6.45, 7) is 4.98. The van der Waals surface area contributed by atoms with E-state index in [0.29, 0.717) is 6.61 Å². The van der Waals surface area contributed by atoms with Crippen molar-refractivity contribution in [3.05, 3.63) is 24.3 Å². The van der Waals surface area contributed by atoms with Gasteiger partial charge in [0, 0.05) is 5.54 Å². The fourth-order valence-electron chi connectivity index (χ4n) is 1.28. The highest BCUT2D eigenvalue weighted by molar-refractivity contribution is 5.39. The summed E-state index contributed by atoms with van der Waals surface area (Å²) in [5.41, 5.74) is 0.0992. The average molecular weight is 223 g/mol. The summed E-state index contributed by atoms with van der Waals surface area (Å²) in [5.74, 6) is 1.58. The third-order valence-electron chi connectivity index (χ3n) is 2.73. The Bertz CT molecular complexity index is 323. The molecule has 0 aromatic heterocycles. The number of para-hydroxylation sites is 2. The normalized spacial score (nSPS) is 11.2. The molecule has 1 rings (SSSR count). The Labute approximate surface area is 97.8 Å². The third-order valence-corrected chi connectivity index (χ3v) is 2.73. The maximum absolute atomic E-state index is 5.70. The number of nitrogens with one attached hydrogen (secondary N) is 1. The van der Waals surface area contributed by atoms with Crippen molar-refractivity contribution in [1.82, 2.24) is 5.32 Å². The van der Waals surface area contributed by atoms with Crippen LogP contribution in [0.25, 0.3) is 0 Å². The summed E-state index contributed by atoms with van der Waals surface area (Å²) in [5, 5.41) is 3.24. The van der Waals surface area contributed by atoms with Crippen molar-refractivity contribution in [2.75, 3.05) is 20.8 Å². The Hall–Kier alpha value is -1.22. The number of benzene rings is 1. The van der Waals surface area contributed by atoms with E-state index in [2.05, 4.69) is 19.2 Å². The van der Waals surface area contributed by atoms with Gasteiger partial charge in [0.1, 0.15) is 0 Å². The van der Waals surface area contributed by atoms with Gasteiger partial charge in [-0.3, -0.25) is 0 Å². The molecule has 0 amide bonds. The summed E-state index contributed by atoms with van der Waals surface area (Å²) < 4.78 is 10.9. The number of rotatable bonds is 6. The van der Waals surface area contributed by atoms with E-state index < -0.39 is 0 Å². The van der Waals surface area contributed by atoms with E-state index in [9.17, 15) is 0 Å². The van der Waals surface area contributed by atoms with Gasteiger partial charge in [-0.15, -0.1) is 0 Å². The molecule has 0 saturated carbocycles. The van der Waals surface area contributed by atoms with Crippen molar-refractivity contribution in [3.8, 4) is 11.5 Å². The Balaban J connectivity index is 2.49. The first-order valence-electron chi connectivity index (χ1n) is 5.54. The minimum Gasteiger partial charge on any atom is -0.493 e. The van der Waals surface area contributed by atoms with Gasteiger partial charge in [-0.25, -0.2) is 0 Å². The van der Waals surface area contributed by atoms with Crippen LogP contribution < -0.4 is 14.8 Å². The fraction of sp³-hybridized carbons (Fsp3) is 0.538. The molecule has 1 N–H and O–H groups in total. The quantitative estimate of drug-likeness (QED) is 0.803. The van der Waals surface area contributed by atoms with Crippen LogP contribution in [0.4, 0.5) is 0 Å². The van der Waals surface area contributed by atoms with Gasteiger partial charge in [0.25, 0.3) is 0 Å². The Morgan fingerprint density at radius 2 is 1.81 bits per heavy atom. The molecule has 0 aliphatic rings. The van der Waals surface area contributed by atoms with Crippen molar-refractivity contribution >= 4 is 0 Å². The lowest BCUT2D eigenvalue weighted by molar-refractivity contribution is 0.246. The predicted octanol–water partition coefficient (Wildman–Crippen LogP) is 2.46. The highest BCUT2D eigenvalue weighted by Crippen LogP contribution is 2.26. The third kappa shape index (κ3) is 3.74. The van der Waals surface area contributed by atoms with Crippen molar-refractivity contribution in [3.63, 3.8) is 0 Å². The van der Waals surface area contributed by atoms with E-state index in [1.165, 1.54) is 0 Å². The zero-order valence-electron chi connectivity index (χ0n) is 10.5. The Morgan fingerprint density at radius 3 is 2.38 bits per heavy atom. The second kappa shape index (κ2) is 5.75. The summed E-state index contributed by atoms with van der Waals surface area (Å²) in [4.78, 5) is 0. The smallest absolute Gasteiger partial charge is 0.161 e.